The van der Waals surface area contributed by atoms with E-state index < -0.39 is 18.0 Å². The molecule has 0 heterocycles. The second-order valence-corrected chi connectivity index (χ2v) is 4.61. The molecule has 0 radical (unpaired) electrons. The fourth-order valence-electron chi connectivity index (χ4n) is 1.86. The normalized spacial score (nSPS) is 11.8. The quantitative estimate of drug-likeness (QED) is 0.683. The van der Waals surface area contributed by atoms with E-state index in [1.807, 2.05) is 32.0 Å². The maximum Gasteiger partial charge on any atom is 0.405 e. The van der Waals surface area contributed by atoms with Crippen molar-refractivity contribution >= 4 is 12.0 Å². The van der Waals surface area contributed by atoms with Crippen molar-refractivity contribution in [1.29, 1.82) is 0 Å². The predicted octanol–water partition coefficient (Wildman–Crippen LogP) is 1.20. The van der Waals surface area contributed by atoms with Gasteiger partial charge in [-0.1, -0.05) is 23.8 Å². The first-order chi connectivity index (χ1) is 9.43. The summed E-state index contributed by atoms with van der Waals surface area (Å²) in [4.78, 5) is 22.7. The molecule has 1 aromatic rings. The number of methoxy groups -OCH3 is 1. The molecule has 1 aromatic carbocycles. The highest BCUT2D eigenvalue weighted by molar-refractivity contribution is 5.85. The third-order valence-electron chi connectivity index (χ3n) is 2.93. The zero-order valence-corrected chi connectivity index (χ0v) is 11.9. The Labute approximate surface area is 118 Å². The van der Waals surface area contributed by atoms with Gasteiger partial charge in [-0.2, -0.15) is 0 Å². The second kappa shape index (κ2) is 7.49. The van der Waals surface area contributed by atoms with Crippen molar-refractivity contribution < 1.29 is 19.4 Å². The van der Waals surface area contributed by atoms with Gasteiger partial charge in [0, 0.05) is 13.5 Å². The third kappa shape index (κ3) is 4.89. The average molecular weight is 280 g/mol. The van der Waals surface area contributed by atoms with E-state index in [-0.39, 0.29) is 6.73 Å². The summed E-state index contributed by atoms with van der Waals surface area (Å²) in [6.07, 6.45) is -0.928. The molecule has 0 aliphatic heterocycles. The summed E-state index contributed by atoms with van der Waals surface area (Å²) in [6, 6.07) is 5.04. The Morgan fingerprint density at radius 2 is 2.05 bits per heavy atom. The number of amides is 2. The summed E-state index contributed by atoms with van der Waals surface area (Å²) in [5.41, 5.74) is 3.03. The van der Waals surface area contributed by atoms with Gasteiger partial charge < -0.3 is 20.5 Å². The number of hydrogen-bond acceptors (Lipinski definition) is 3. The highest BCUT2D eigenvalue weighted by Crippen LogP contribution is 2.13. The van der Waals surface area contributed by atoms with Crippen LogP contribution >= 0.6 is 0 Å². The molecule has 3 N–H and O–H groups in total. The first-order valence-corrected chi connectivity index (χ1v) is 6.26. The van der Waals surface area contributed by atoms with Crippen LogP contribution in [-0.4, -0.2) is 37.0 Å². The van der Waals surface area contributed by atoms with Crippen molar-refractivity contribution in [2.24, 2.45) is 0 Å². The Morgan fingerprint density at radius 3 is 2.65 bits per heavy atom. The molecule has 0 bridgehead atoms. The number of carbonyl (C=O) groups is 2. The Kier molecular flexibility index (Phi) is 5.99. The van der Waals surface area contributed by atoms with Crippen LogP contribution < -0.4 is 10.6 Å². The van der Waals surface area contributed by atoms with Crippen molar-refractivity contribution in [1.82, 2.24) is 10.6 Å². The van der Waals surface area contributed by atoms with Crippen LogP contribution in [0.3, 0.4) is 0 Å². The summed E-state index contributed by atoms with van der Waals surface area (Å²) in [6.45, 7) is 3.93. The molecule has 0 spiro atoms. The molecule has 1 atom stereocenters. The average Bonchev–Trinajstić information content (AvgIpc) is 2.38. The Bertz CT molecular complexity index is 488. The molecule has 6 nitrogen and oxygen atoms in total. The van der Waals surface area contributed by atoms with Gasteiger partial charge in [-0.25, -0.2) is 4.79 Å². The van der Waals surface area contributed by atoms with E-state index in [1.165, 1.54) is 7.11 Å². The molecule has 0 aliphatic carbocycles. The Morgan fingerprint density at radius 1 is 1.35 bits per heavy atom. The minimum absolute atomic E-state index is 0.0451. The van der Waals surface area contributed by atoms with Gasteiger partial charge in [0.05, 0.1) is 0 Å². The molecule has 110 valence electrons. The summed E-state index contributed by atoms with van der Waals surface area (Å²) in [7, 11) is 1.45. The predicted molar refractivity (Wildman–Crippen MR) is 74.6 cm³/mol. The molecule has 1 rings (SSSR count). The third-order valence-corrected chi connectivity index (χ3v) is 2.93. The van der Waals surface area contributed by atoms with Crippen molar-refractivity contribution in [2.75, 3.05) is 13.8 Å². The molecular weight excluding hydrogens is 260 g/mol. The SMILES string of the molecule is COCNC(=O)C(Cc1cc(C)ccc1C)NC(=O)O. The number of hydrogen-bond donors (Lipinski definition) is 3. The summed E-state index contributed by atoms with van der Waals surface area (Å²) in [5.74, 6) is -0.407. The van der Waals surface area contributed by atoms with Gasteiger partial charge in [-0.05, 0) is 25.0 Å². The monoisotopic (exact) mass is 280 g/mol. The minimum atomic E-state index is -1.23. The molecule has 0 aromatic heterocycles. The van der Waals surface area contributed by atoms with Crippen LogP contribution in [0.25, 0.3) is 0 Å². The highest BCUT2D eigenvalue weighted by Gasteiger charge is 2.21. The van der Waals surface area contributed by atoms with Crippen molar-refractivity contribution in [2.45, 2.75) is 26.3 Å². The molecule has 2 amide bonds. The van der Waals surface area contributed by atoms with Crippen LogP contribution in [-0.2, 0) is 16.0 Å². The number of aryl methyl sites for hydroxylation is 2. The van der Waals surface area contributed by atoms with Crippen LogP contribution in [0.1, 0.15) is 16.7 Å². The van der Waals surface area contributed by atoms with E-state index in [0.717, 1.165) is 16.7 Å². The maximum absolute atomic E-state index is 11.9. The zero-order valence-electron chi connectivity index (χ0n) is 11.9. The van der Waals surface area contributed by atoms with E-state index in [2.05, 4.69) is 10.6 Å². The summed E-state index contributed by atoms with van der Waals surface area (Å²) >= 11 is 0. The van der Waals surface area contributed by atoms with E-state index in [0.29, 0.717) is 6.42 Å². The van der Waals surface area contributed by atoms with E-state index in [4.69, 9.17) is 9.84 Å². The number of rotatable bonds is 6. The van der Waals surface area contributed by atoms with Crippen molar-refractivity contribution in [3.63, 3.8) is 0 Å². The number of nitrogens with one attached hydrogen (secondary N) is 2. The van der Waals surface area contributed by atoms with Gasteiger partial charge in [0.1, 0.15) is 12.8 Å². The molecular formula is C14H20N2O4. The summed E-state index contributed by atoms with van der Waals surface area (Å²) in [5, 5.41) is 13.6. The first kappa shape index (κ1) is 16.0. The molecule has 0 fully saturated rings. The van der Waals surface area contributed by atoms with Gasteiger partial charge in [-0.15, -0.1) is 0 Å². The Hall–Kier alpha value is -2.08. The lowest BCUT2D eigenvalue weighted by Gasteiger charge is -2.18. The molecule has 0 saturated carbocycles. The second-order valence-electron chi connectivity index (χ2n) is 4.61. The number of benzene rings is 1. The largest absolute Gasteiger partial charge is 0.465 e. The van der Waals surface area contributed by atoms with E-state index >= 15 is 0 Å². The van der Waals surface area contributed by atoms with E-state index in [9.17, 15) is 9.59 Å². The van der Waals surface area contributed by atoms with Crippen LogP contribution in [0.2, 0.25) is 0 Å². The van der Waals surface area contributed by atoms with Crippen LogP contribution in [0.15, 0.2) is 18.2 Å². The van der Waals surface area contributed by atoms with Gasteiger partial charge in [0.15, 0.2) is 0 Å². The van der Waals surface area contributed by atoms with Crippen LogP contribution in [0, 0.1) is 13.8 Å². The van der Waals surface area contributed by atoms with E-state index in [1.54, 1.807) is 0 Å². The first-order valence-electron chi connectivity index (χ1n) is 6.26. The van der Waals surface area contributed by atoms with Gasteiger partial charge >= 0.3 is 6.09 Å². The number of carbonyl (C=O) groups excluding carboxylic acids is 1. The minimum Gasteiger partial charge on any atom is -0.465 e. The maximum atomic E-state index is 11.9. The molecule has 0 aliphatic rings. The van der Waals surface area contributed by atoms with Crippen molar-refractivity contribution in [3.8, 4) is 0 Å². The lowest BCUT2D eigenvalue weighted by atomic mass is 9.98. The standard InChI is InChI=1S/C14H20N2O4/c1-9-4-5-10(2)11(6-9)7-12(16-14(18)19)13(17)15-8-20-3/h4-6,12,16H,7-8H2,1-3H3,(H,15,17)(H,18,19). The lowest BCUT2D eigenvalue weighted by molar-refractivity contribution is -0.124. The van der Waals surface area contributed by atoms with Crippen LogP contribution in [0.4, 0.5) is 4.79 Å². The summed E-state index contributed by atoms with van der Waals surface area (Å²) < 4.78 is 4.75. The number of carboxylic acid groups (broad SMARTS) is 1. The smallest absolute Gasteiger partial charge is 0.405 e. The Balaban J connectivity index is 2.85. The lowest BCUT2D eigenvalue weighted by Crippen LogP contribution is -2.48. The fourth-order valence-corrected chi connectivity index (χ4v) is 1.86. The molecule has 20 heavy (non-hydrogen) atoms. The van der Waals surface area contributed by atoms with Crippen LogP contribution in [0.5, 0.6) is 0 Å². The zero-order chi connectivity index (χ0) is 15.1. The number of ether oxygens (including phenoxy) is 1. The van der Waals surface area contributed by atoms with Gasteiger partial charge in [-0.3, -0.25) is 4.79 Å². The van der Waals surface area contributed by atoms with Crippen molar-refractivity contribution in [3.05, 3.63) is 34.9 Å². The highest BCUT2D eigenvalue weighted by atomic mass is 16.5. The fraction of sp³-hybridized carbons (Fsp3) is 0.429. The molecule has 6 heteroatoms. The topological polar surface area (TPSA) is 87.7 Å². The van der Waals surface area contributed by atoms with Gasteiger partial charge in [0.2, 0.25) is 5.91 Å². The molecule has 1 unspecified atom stereocenters. The molecule has 0 saturated heterocycles. The van der Waals surface area contributed by atoms with Gasteiger partial charge in [0.25, 0.3) is 0 Å².